The van der Waals surface area contributed by atoms with Crippen LogP contribution in [0.25, 0.3) is 0 Å². The summed E-state index contributed by atoms with van der Waals surface area (Å²) in [5.74, 6) is 0.606. The van der Waals surface area contributed by atoms with Crippen molar-refractivity contribution >= 4 is 5.78 Å². The van der Waals surface area contributed by atoms with E-state index in [0.29, 0.717) is 12.2 Å². The fourth-order valence-electron chi connectivity index (χ4n) is 2.98. The van der Waals surface area contributed by atoms with Gasteiger partial charge in [-0.2, -0.15) is 0 Å². The van der Waals surface area contributed by atoms with E-state index in [1.54, 1.807) is 0 Å². The normalized spacial score (nSPS) is 43.6. The minimum atomic E-state index is -0.226. The van der Waals surface area contributed by atoms with Crippen molar-refractivity contribution in [2.75, 3.05) is 0 Å². The van der Waals surface area contributed by atoms with Crippen molar-refractivity contribution in [3.8, 4) is 0 Å². The summed E-state index contributed by atoms with van der Waals surface area (Å²) >= 11 is 0. The number of hydrogen-bond acceptors (Lipinski definition) is 2. The molecule has 14 heavy (non-hydrogen) atoms. The average Bonchev–Trinajstić information content (AvgIpc) is 2.16. The molecule has 0 unspecified atom stereocenters. The summed E-state index contributed by atoms with van der Waals surface area (Å²) in [6.45, 7) is 6.10. The van der Waals surface area contributed by atoms with E-state index in [9.17, 15) is 9.90 Å². The maximum atomic E-state index is 11.9. The summed E-state index contributed by atoms with van der Waals surface area (Å²) in [5, 5.41) is 9.61. The van der Waals surface area contributed by atoms with Crippen LogP contribution in [0, 0.1) is 11.3 Å². The number of carbonyl (C=O) groups excluding carboxylic acids is 1. The summed E-state index contributed by atoms with van der Waals surface area (Å²) < 4.78 is 0. The van der Waals surface area contributed by atoms with Crippen LogP contribution in [0.3, 0.4) is 0 Å². The Morgan fingerprint density at radius 2 is 2.21 bits per heavy atom. The van der Waals surface area contributed by atoms with Crippen LogP contribution in [0.15, 0.2) is 12.2 Å². The van der Waals surface area contributed by atoms with Gasteiger partial charge in [-0.05, 0) is 31.6 Å². The third-order valence-electron chi connectivity index (χ3n) is 4.08. The van der Waals surface area contributed by atoms with Crippen molar-refractivity contribution in [2.45, 2.75) is 45.1 Å². The molecule has 2 fully saturated rings. The molecule has 2 heteroatoms. The molecule has 0 heterocycles. The zero-order chi connectivity index (χ0) is 10.3. The summed E-state index contributed by atoms with van der Waals surface area (Å²) in [4.78, 5) is 11.9. The molecule has 0 saturated heterocycles. The molecule has 0 amide bonds. The first-order chi connectivity index (χ1) is 6.54. The van der Waals surface area contributed by atoms with Crippen LogP contribution in [0.1, 0.15) is 39.0 Å². The standard InChI is InChI=1S/C12H18O2/c1-8-3-4-11(14)12(2)6-5-9(13)7-10(8)12/h9-10,13H,1,3-7H2,2H3/t9-,10+,12+/m1/s1. The Bertz CT molecular complexity index is 282. The van der Waals surface area contributed by atoms with Crippen molar-refractivity contribution in [3.63, 3.8) is 0 Å². The van der Waals surface area contributed by atoms with Crippen molar-refractivity contribution < 1.29 is 9.90 Å². The largest absolute Gasteiger partial charge is 0.393 e. The lowest BCUT2D eigenvalue weighted by molar-refractivity contribution is -0.135. The molecule has 78 valence electrons. The van der Waals surface area contributed by atoms with E-state index in [4.69, 9.17) is 0 Å². The number of carbonyl (C=O) groups is 1. The van der Waals surface area contributed by atoms with Crippen LogP contribution in [-0.4, -0.2) is 17.0 Å². The fraction of sp³-hybridized carbons (Fsp3) is 0.750. The highest BCUT2D eigenvalue weighted by Gasteiger charge is 2.47. The molecule has 0 aromatic carbocycles. The molecule has 2 saturated carbocycles. The number of hydrogen-bond donors (Lipinski definition) is 1. The average molecular weight is 194 g/mol. The second-order valence-corrected chi connectivity index (χ2v) is 4.98. The van der Waals surface area contributed by atoms with Crippen molar-refractivity contribution in [2.24, 2.45) is 11.3 Å². The lowest BCUT2D eigenvalue weighted by atomic mass is 9.58. The highest BCUT2D eigenvalue weighted by molar-refractivity contribution is 5.86. The molecule has 0 spiro atoms. The first-order valence-electron chi connectivity index (χ1n) is 5.43. The second-order valence-electron chi connectivity index (χ2n) is 4.98. The fourth-order valence-corrected chi connectivity index (χ4v) is 2.98. The Morgan fingerprint density at radius 3 is 2.93 bits per heavy atom. The van der Waals surface area contributed by atoms with Crippen molar-refractivity contribution in [1.29, 1.82) is 0 Å². The SMILES string of the molecule is C=C1CCC(=O)[C@@]2(C)CC[C@@H](O)C[C@@H]12. The van der Waals surface area contributed by atoms with E-state index in [2.05, 4.69) is 13.5 Å². The van der Waals surface area contributed by atoms with E-state index in [1.165, 1.54) is 5.57 Å². The second kappa shape index (κ2) is 3.20. The number of aliphatic hydroxyl groups is 1. The first kappa shape index (κ1) is 9.91. The number of Topliss-reactive ketones (excluding diaryl/α,β-unsaturated/α-hetero) is 1. The molecule has 0 radical (unpaired) electrons. The lowest BCUT2D eigenvalue weighted by Crippen LogP contribution is -2.45. The maximum Gasteiger partial charge on any atom is 0.139 e. The van der Waals surface area contributed by atoms with Gasteiger partial charge in [-0.1, -0.05) is 19.1 Å². The third-order valence-corrected chi connectivity index (χ3v) is 4.08. The zero-order valence-electron chi connectivity index (χ0n) is 8.75. The molecule has 2 rings (SSSR count). The molecule has 0 bridgehead atoms. The molecule has 2 nitrogen and oxygen atoms in total. The summed E-state index contributed by atoms with van der Waals surface area (Å²) in [6, 6.07) is 0. The van der Waals surface area contributed by atoms with Gasteiger partial charge in [0.2, 0.25) is 0 Å². The molecular weight excluding hydrogens is 176 g/mol. The highest BCUT2D eigenvalue weighted by Crippen LogP contribution is 2.49. The summed E-state index contributed by atoms with van der Waals surface area (Å²) in [6.07, 6.45) is 3.59. The topological polar surface area (TPSA) is 37.3 Å². The van der Waals surface area contributed by atoms with Gasteiger partial charge in [0.1, 0.15) is 5.78 Å². The van der Waals surface area contributed by atoms with Gasteiger partial charge in [-0.25, -0.2) is 0 Å². The molecule has 0 aromatic heterocycles. The monoisotopic (exact) mass is 194 g/mol. The molecule has 1 N–H and O–H groups in total. The van der Waals surface area contributed by atoms with Crippen LogP contribution in [-0.2, 0) is 4.79 Å². The molecule has 3 atom stereocenters. The Hall–Kier alpha value is -0.630. The maximum absolute atomic E-state index is 11.9. The van der Waals surface area contributed by atoms with E-state index in [1.807, 2.05) is 0 Å². The molecule has 0 aromatic rings. The predicted octanol–water partition coefficient (Wildman–Crippen LogP) is 2.07. The predicted molar refractivity (Wildman–Crippen MR) is 54.8 cm³/mol. The van der Waals surface area contributed by atoms with Gasteiger partial charge >= 0.3 is 0 Å². The van der Waals surface area contributed by atoms with Gasteiger partial charge in [-0.15, -0.1) is 0 Å². The van der Waals surface area contributed by atoms with E-state index in [-0.39, 0.29) is 17.4 Å². The lowest BCUT2D eigenvalue weighted by Gasteiger charge is -2.46. The van der Waals surface area contributed by atoms with Gasteiger partial charge in [0.05, 0.1) is 6.10 Å². The van der Waals surface area contributed by atoms with Gasteiger partial charge in [0.25, 0.3) is 0 Å². The van der Waals surface area contributed by atoms with Crippen LogP contribution in [0.4, 0.5) is 0 Å². The van der Waals surface area contributed by atoms with Crippen LogP contribution >= 0.6 is 0 Å². The Kier molecular flexibility index (Phi) is 2.26. The van der Waals surface area contributed by atoms with E-state index >= 15 is 0 Å². The van der Waals surface area contributed by atoms with Gasteiger partial charge < -0.3 is 5.11 Å². The first-order valence-corrected chi connectivity index (χ1v) is 5.43. The van der Waals surface area contributed by atoms with Crippen molar-refractivity contribution in [3.05, 3.63) is 12.2 Å². The molecule has 2 aliphatic rings. The number of allylic oxidation sites excluding steroid dienone is 1. The van der Waals surface area contributed by atoms with Gasteiger partial charge in [0, 0.05) is 11.8 Å². The van der Waals surface area contributed by atoms with Crippen LogP contribution in [0.5, 0.6) is 0 Å². The number of ketones is 1. The summed E-state index contributed by atoms with van der Waals surface area (Å²) in [7, 11) is 0. The van der Waals surface area contributed by atoms with E-state index in [0.717, 1.165) is 25.7 Å². The van der Waals surface area contributed by atoms with Gasteiger partial charge in [0.15, 0.2) is 0 Å². The minimum absolute atomic E-state index is 0.214. The smallest absolute Gasteiger partial charge is 0.139 e. The highest BCUT2D eigenvalue weighted by atomic mass is 16.3. The molecular formula is C12H18O2. The van der Waals surface area contributed by atoms with Crippen LogP contribution in [0.2, 0.25) is 0 Å². The van der Waals surface area contributed by atoms with Crippen molar-refractivity contribution in [1.82, 2.24) is 0 Å². The Labute approximate surface area is 85.0 Å². The number of rotatable bonds is 0. The Balaban J connectivity index is 2.28. The van der Waals surface area contributed by atoms with Gasteiger partial charge in [-0.3, -0.25) is 4.79 Å². The molecule has 2 aliphatic carbocycles. The quantitative estimate of drug-likeness (QED) is 0.599. The van der Waals surface area contributed by atoms with E-state index < -0.39 is 0 Å². The molecule has 0 aliphatic heterocycles. The zero-order valence-corrected chi connectivity index (χ0v) is 8.75. The third kappa shape index (κ3) is 1.33. The number of aliphatic hydroxyl groups excluding tert-OH is 1. The minimum Gasteiger partial charge on any atom is -0.393 e. The Morgan fingerprint density at radius 1 is 1.50 bits per heavy atom. The summed E-state index contributed by atoms with van der Waals surface area (Å²) in [5.41, 5.74) is 0.958. The number of fused-ring (bicyclic) bond motifs is 1. The van der Waals surface area contributed by atoms with Crippen LogP contribution < -0.4 is 0 Å².